The van der Waals surface area contributed by atoms with Crippen LogP contribution in [0.4, 0.5) is 0 Å². The SMILES string of the molecule is CC(CN)S(=O)(=O)N(C)CC1CCC1. The molecule has 0 saturated heterocycles. The maximum Gasteiger partial charge on any atom is 0.217 e. The van der Waals surface area contributed by atoms with Gasteiger partial charge in [-0.3, -0.25) is 0 Å². The molecule has 2 N–H and O–H groups in total. The van der Waals surface area contributed by atoms with E-state index in [-0.39, 0.29) is 6.54 Å². The lowest BCUT2D eigenvalue weighted by Crippen LogP contribution is -2.41. The average molecular weight is 220 g/mol. The van der Waals surface area contributed by atoms with Gasteiger partial charge in [-0.25, -0.2) is 12.7 Å². The zero-order valence-electron chi connectivity index (χ0n) is 8.94. The van der Waals surface area contributed by atoms with Gasteiger partial charge < -0.3 is 5.73 Å². The Morgan fingerprint density at radius 2 is 2.07 bits per heavy atom. The molecule has 4 nitrogen and oxygen atoms in total. The minimum absolute atomic E-state index is 0.192. The van der Waals surface area contributed by atoms with E-state index in [0.717, 1.165) is 12.8 Å². The summed E-state index contributed by atoms with van der Waals surface area (Å²) in [6.45, 7) is 2.51. The highest BCUT2D eigenvalue weighted by Crippen LogP contribution is 2.27. The van der Waals surface area contributed by atoms with Crippen LogP contribution in [0.1, 0.15) is 26.2 Å². The molecular formula is C9H20N2O2S. The first-order valence-corrected chi connectivity index (χ1v) is 6.64. The van der Waals surface area contributed by atoms with Crippen LogP contribution in [0.25, 0.3) is 0 Å². The third-order valence-electron chi connectivity index (χ3n) is 3.01. The van der Waals surface area contributed by atoms with E-state index >= 15 is 0 Å². The number of sulfonamides is 1. The van der Waals surface area contributed by atoms with Crippen LogP contribution in [0, 0.1) is 5.92 Å². The van der Waals surface area contributed by atoms with Crippen LogP contribution in [-0.4, -0.2) is 38.1 Å². The molecule has 1 aliphatic rings. The predicted octanol–water partition coefficient (Wildman–Crippen LogP) is 0.395. The summed E-state index contributed by atoms with van der Waals surface area (Å²) in [5.74, 6) is 0.569. The molecule has 84 valence electrons. The fourth-order valence-electron chi connectivity index (χ4n) is 1.57. The first-order valence-electron chi connectivity index (χ1n) is 5.13. The Labute approximate surface area is 86.5 Å². The summed E-state index contributed by atoms with van der Waals surface area (Å²) in [6, 6.07) is 0. The molecule has 1 aliphatic carbocycles. The molecule has 1 fully saturated rings. The van der Waals surface area contributed by atoms with E-state index in [0.29, 0.717) is 12.5 Å². The number of nitrogens with two attached hydrogens (primary N) is 1. The third-order valence-corrected chi connectivity index (χ3v) is 5.24. The molecule has 0 amide bonds. The zero-order chi connectivity index (χ0) is 10.8. The van der Waals surface area contributed by atoms with Gasteiger partial charge in [0.05, 0.1) is 5.25 Å². The van der Waals surface area contributed by atoms with E-state index in [9.17, 15) is 8.42 Å². The second-order valence-corrected chi connectivity index (χ2v) is 6.63. The summed E-state index contributed by atoms with van der Waals surface area (Å²) in [4.78, 5) is 0. The van der Waals surface area contributed by atoms with Crippen LogP contribution in [0.2, 0.25) is 0 Å². The first-order chi connectivity index (χ1) is 6.48. The van der Waals surface area contributed by atoms with Crippen LogP contribution in [0.15, 0.2) is 0 Å². The van der Waals surface area contributed by atoms with E-state index in [2.05, 4.69) is 0 Å². The van der Waals surface area contributed by atoms with Crippen molar-refractivity contribution in [1.29, 1.82) is 0 Å². The van der Waals surface area contributed by atoms with Crippen molar-refractivity contribution in [1.82, 2.24) is 4.31 Å². The van der Waals surface area contributed by atoms with Crippen molar-refractivity contribution >= 4 is 10.0 Å². The molecule has 1 rings (SSSR count). The van der Waals surface area contributed by atoms with E-state index < -0.39 is 15.3 Å². The molecule has 0 bridgehead atoms. The number of rotatable bonds is 5. The van der Waals surface area contributed by atoms with Gasteiger partial charge in [0.1, 0.15) is 0 Å². The fraction of sp³-hybridized carbons (Fsp3) is 1.00. The summed E-state index contributed by atoms with van der Waals surface area (Å²) in [5.41, 5.74) is 5.37. The molecule has 1 atom stereocenters. The molecule has 0 heterocycles. The van der Waals surface area contributed by atoms with Gasteiger partial charge in [0.15, 0.2) is 0 Å². The lowest BCUT2D eigenvalue weighted by molar-refractivity contribution is 0.262. The van der Waals surface area contributed by atoms with Gasteiger partial charge in [-0.05, 0) is 25.7 Å². The van der Waals surface area contributed by atoms with E-state index in [4.69, 9.17) is 5.73 Å². The molecule has 0 spiro atoms. The summed E-state index contributed by atoms with van der Waals surface area (Å²) >= 11 is 0. The lowest BCUT2D eigenvalue weighted by Gasteiger charge is -2.30. The molecule has 0 radical (unpaired) electrons. The Balaban J connectivity index is 2.52. The smallest absolute Gasteiger partial charge is 0.217 e. The van der Waals surface area contributed by atoms with Gasteiger partial charge in [-0.15, -0.1) is 0 Å². The van der Waals surface area contributed by atoms with E-state index in [1.165, 1.54) is 10.7 Å². The van der Waals surface area contributed by atoms with Crippen molar-refractivity contribution in [2.24, 2.45) is 11.7 Å². The number of hydrogen-bond acceptors (Lipinski definition) is 3. The Hall–Kier alpha value is -0.130. The highest BCUT2D eigenvalue weighted by atomic mass is 32.2. The average Bonchev–Trinajstić information content (AvgIpc) is 2.09. The van der Waals surface area contributed by atoms with Crippen molar-refractivity contribution in [3.05, 3.63) is 0 Å². The maximum atomic E-state index is 11.8. The van der Waals surface area contributed by atoms with E-state index in [1.807, 2.05) is 0 Å². The number of hydrogen-bond donors (Lipinski definition) is 1. The molecule has 5 heteroatoms. The molecule has 0 aliphatic heterocycles. The lowest BCUT2D eigenvalue weighted by atomic mass is 9.86. The zero-order valence-corrected chi connectivity index (χ0v) is 9.76. The van der Waals surface area contributed by atoms with Crippen molar-refractivity contribution < 1.29 is 8.42 Å². The molecule has 0 aromatic rings. The summed E-state index contributed by atoms with van der Waals surface area (Å²) in [5, 5.41) is -0.465. The largest absolute Gasteiger partial charge is 0.329 e. The molecule has 14 heavy (non-hydrogen) atoms. The maximum absolute atomic E-state index is 11.8. The molecular weight excluding hydrogens is 200 g/mol. The minimum atomic E-state index is -3.15. The summed E-state index contributed by atoms with van der Waals surface area (Å²) in [6.07, 6.45) is 3.57. The van der Waals surface area contributed by atoms with Crippen LogP contribution in [-0.2, 0) is 10.0 Å². The third kappa shape index (κ3) is 2.46. The normalized spacial score (nSPS) is 20.9. The van der Waals surface area contributed by atoms with Crippen molar-refractivity contribution in [3.63, 3.8) is 0 Å². The Kier molecular flexibility index (Phi) is 3.92. The predicted molar refractivity (Wildman–Crippen MR) is 57.4 cm³/mol. The second kappa shape index (κ2) is 4.59. The van der Waals surface area contributed by atoms with Crippen molar-refractivity contribution in [2.75, 3.05) is 20.1 Å². The summed E-state index contributed by atoms with van der Waals surface area (Å²) in [7, 11) is -1.50. The van der Waals surface area contributed by atoms with Gasteiger partial charge in [-0.1, -0.05) is 6.42 Å². The molecule has 1 unspecified atom stereocenters. The monoisotopic (exact) mass is 220 g/mol. The molecule has 0 aromatic carbocycles. The van der Waals surface area contributed by atoms with Crippen molar-refractivity contribution in [3.8, 4) is 0 Å². The van der Waals surface area contributed by atoms with Gasteiger partial charge in [0.25, 0.3) is 0 Å². The Bertz CT molecular complexity index is 273. The van der Waals surface area contributed by atoms with Crippen LogP contribution >= 0.6 is 0 Å². The Morgan fingerprint density at radius 1 is 1.50 bits per heavy atom. The van der Waals surface area contributed by atoms with Crippen LogP contribution < -0.4 is 5.73 Å². The van der Waals surface area contributed by atoms with Gasteiger partial charge >= 0.3 is 0 Å². The van der Waals surface area contributed by atoms with Gasteiger partial charge in [0.2, 0.25) is 10.0 Å². The Morgan fingerprint density at radius 3 is 2.43 bits per heavy atom. The van der Waals surface area contributed by atoms with Crippen LogP contribution in [0.5, 0.6) is 0 Å². The highest BCUT2D eigenvalue weighted by molar-refractivity contribution is 7.89. The second-order valence-electron chi connectivity index (χ2n) is 4.17. The highest BCUT2D eigenvalue weighted by Gasteiger charge is 2.28. The van der Waals surface area contributed by atoms with Gasteiger partial charge in [0, 0.05) is 20.1 Å². The van der Waals surface area contributed by atoms with Crippen LogP contribution in [0.3, 0.4) is 0 Å². The number of nitrogens with zero attached hydrogens (tertiary/aromatic N) is 1. The topological polar surface area (TPSA) is 63.4 Å². The quantitative estimate of drug-likeness (QED) is 0.729. The van der Waals surface area contributed by atoms with Gasteiger partial charge in [-0.2, -0.15) is 0 Å². The molecule has 1 saturated carbocycles. The fourth-order valence-corrected chi connectivity index (χ4v) is 2.85. The summed E-state index contributed by atoms with van der Waals surface area (Å²) < 4.78 is 25.0. The first kappa shape index (κ1) is 11.9. The van der Waals surface area contributed by atoms with E-state index in [1.54, 1.807) is 14.0 Å². The molecule has 0 aromatic heterocycles. The minimum Gasteiger partial charge on any atom is -0.329 e. The van der Waals surface area contributed by atoms with Crippen molar-refractivity contribution in [2.45, 2.75) is 31.4 Å². The standard InChI is InChI=1S/C9H20N2O2S/c1-8(6-10)14(12,13)11(2)7-9-4-3-5-9/h8-9H,3-7,10H2,1-2H3.